The number of piperidine rings is 1. The molecule has 3 rings (SSSR count). The van der Waals surface area contributed by atoms with E-state index in [0.29, 0.717) is 10.8 Å². The van der Waals surface area contributed by atoms with Crippen LogP contribution < -0.4 is 10.2 Å². The van der Waals surface area contributed by atoms with Gasteiger partial charge in [-0.25, -0.2) is 4.98 Å². The molecule has 6 heteroatoms. The van der Waals surface area contributed by atoms with Crippen molar-refractivity contribution in [2.75, 3.05) is 29.9 Å². The second kappa shape index (κ2) is 6.89. The number of pyridine rings is 1. The predicted molar refractivity (Wildman–Crippen MR) is 88.5 cm³/mol. The quantitative estimate of drug-likeness (QED) is 0.910. The molecule has 1 amide bonds. The summed E-state index contributed by atoms with van der Waals surface area (Å²) in [4.78, 5) is 19.5. The minimum atomic E-state index is -0.102. The zero-order valence-corrected chi connectivity index (χ0v) is 13.1. The number of hydrogen-bond donors (Lipinski definition) is 2. The molecule has 0 aliphatic carbocycles. The minimum absolute atomic E-state index is 0.102. The second-order valence-electron chi connectivity index (χ2n) is 5.42. The zero-order valence-electron chi connectivity index (χ0n) is 12.2. The first-order chi connectivity index (χ1) is 10.8. The van der Waals surface area contributed by atoms with Crippen LogP contribution in [0.3, 0.4) is 0 Å². The highest BCUT2D eigenvalue weighted by Gasteiger charge is 2.22. The fourth-order valence-corrected chi connectivity index (χ4v) is 3.28. The van der Waals surface area contributed by atoms with E-state index in [1.54, 1.807) is 6.20 Å². The Kier molecular flexibility index (Phi) is 4.70. The lowest BCUT2D eigenvalue weighted by Crippen LogP contribution is -2.35. The fraction of sp³-hybridized carbons (Fsp3) is 0.375. The summed E-state index contributed by atoms with van der Waals surface area (Å²) in [5.41, 5.74) is 0.739. The molecule has 22 heavy (non-hydrogen) atoms. The molecule has 0 saturated carbocycles. The Labute approximate surface area is 133 Å². The number of anilines is 2. The maximum atomic E-state index is 12.2. The molecule has 1 saturated heterocycles. The van der Waals surface area contributed by atoms with E-state index in [2.05, 4.69) is 15.2 Å². The number of carbonyl (C=O) groups excluding carboxylic acids is 1. The average molecular weight is 317 g/mol. The van der Waals surface area contributed by atoms with Crippen LogP contribution in [0.15, 0.2) is 35.8 Å². The van der Waals surface area contributed by atoms with E-state index in [-0.39, 0.29) is 12.5 Å². The van der Waals surface area contributed by atoms with Crippen molar-refractivity contribution in [2.24, 2.45) is 5.92 Å². The number of aliphatic hydroxyl groups is 1. The SMILES string of the molecule is O=C(Nc1cccnc1N1CCC(CO)CC1)c1cccs1. The summed E-state index contributed by atoms with van der Waals surface area (Å²) in [6.07, 6.45) is 3.64. The van der Waals surface area contributed by atoms with Gasteiger partial charge in [0.05, 0.1) is 10.6 Å². The Balaban J connectivity index is 1.74. The Morgan fingerprint density at radius 3 is 2.86 bits per heavy atom. The van der Waals surface area contributed by atoms with E-state index in [1.165, 1.54) is 11.3 Å². The molecule has 1 fully saturated rings. The number of thiophene rings is 1. The van der Waals surface area contributed by atoms with Gasteiger partial charge in [0.25, 0.3) is 5.91 Å². The molecule has 116 valence electrons. The molecule has 2 aromatic heterocycles. The van der Waals surface area contributed by atoms with Crippen molar-refractivity contribution in [1.29, 1.82) is 0 Å². The number of rotatable bonds is 4. The molecule has 2 N–H and O–H groups in total. The number of aliphatic hydroxyl groups excluding tert-OH is 1. The van der Waals surface area contributed by atoms with Crippen LogP contribution in [0.4, 0.5) is 11.5 Å². The van der Waals surface area contributed by atoms with Crippen LogP contribution in [0.5, 0.6) is 0 Å². The smallest absolute Gasteiger partial charge is 0.265 e. The number of nitrogens with zero attached hydrogens (tertiary/aromatic N) is 2. The van der Waals surface area contributed by atoms with Gasteiger partial charge in [-0.05, 0) is 42.3 Å². The van der Waals surface area contributed by atoms with Crippen molar-refractivity contribution in [1.82, 2.24) is 4.98 Å². The van der Waals surface area contributed by atoms with Crippen LogP contribution in [0.1, 0.15) is 22.5 Å². The topological polar surface area (TPSA) is 65.5 Å². The molecule has 0 radical (unpaired) electrons. The molecule has 0 aromatic carbocycles. The van der Waals surface area contributed by atoms with E-state index in [1.807, 2.05) is 29.6 Å². The van der Waals surface area contributed by atoms with Crippen LogP contribution in [0.25, 0.3) is 0 Å². The molecule has 5 nitrogen and oxygen atoms in total. The van der Waals surface area contributed by atoms with Gasteiger partial charge in [-0.15, -0.1) is 11.3 Å². The first-order valence-electron chi connectivity index (χ1n) is 7.43. The van der Waals surface area contributed by atoms with Crippen molar-refractivity contribution in [3.05, 3.63) is 40.7 Å². The predicted octanol–water partition coefficient (Wildman–Crippen LogP) is 2.60. The van der Waals surface area contributed by atoms with Gasteiger partial charge in [0, 0.05) is 25.9 Å². The van der Waals surface area contributed by atoms with Crippen molar-refractivity contribution in [3.8, 4) is 0 Å². The Bertz CT molecular complexity index is 622. The summed E-state index contributed by atoms with van der Waals surface area (Å²) in [6, 6.07) is 7.38. The van der Waals surface area contributed by atoms with Crippen molar-refractivity contribution in [3.63, 3.8) is 0 Å². The molecule has 0 atom stereocenters. The monoisotopic (exact) mass is 317 g/mol. The molecule has 0 bridgehead atoms. The van der Waals surface area contributed by atoms with E-state index in [0.717, 1.165) is 37.4 Å². The Morgan fingerprint density at radius 2 is 2.18 bits per heavy atom. The second-order valence-corrected chi connectivity index (χ2v) is 6.37. The van der Waals surface area contributed by atoms with Crippen LogP contribution in [0, 0.1) is 5.92 Å². The highest BCUT2D eigenvalue weighted by Crippen LogP contribution is 2.28. The summed E-state index contributed by atoms with van der Waals surface area (Å²) < 4.78 is 0. The molecule has 3 heterocycles. The molecular weight excluding hydrogens is 298 g/mol. The number of aromatic nitrogens is 1. The normalized spacial score (nSPS) is 15.8. The highest BCUT2D eigenvalue weighted by atomic mass is 32.1. The van der Waals surface area contributed by atoms with Crippen LogP contribution in [-0.4, -0.2) is 35.7 Å². The van der Waals surface area contributed by atoms with Gasteiger partial charge in [0.1, 0.15) is 0 Å². The largest absolute Gasteiger partial charge is 0.396 e. The lowest BCUT2D eigenvalue weighted by atomic mass is 9.98. The van der Waals surface area contributed by atoms with Crippen LogP contribution in [0.2, 0.25) is 0 Å². The standard InChI is InChI=1S/C16H19N3O2S/c20-11-12-5-8-19(9-6-12)15-13(3-1-7-17-15)18-16(21)14-4-2-10-22-14/h1-4,7,10,12,20H,5-6,8-9,11H2,(H,18,21). The molecule has 0 spiro atoms. The van der Waals surface area contributed by atoms with Gasteiger partial charge in [-0.2, -0.15) is 0 Å². The molecular formula is C16H19N3O2S. The summed E-state index contributed by atoms with van der Waals surface area (Å²) in [5.74, 6) is 1.09. The van der Waals surface area contributed by atoms with Gasteiger partial charge in [-0.3, -0.25) is 4.79 Å². The van der Waals surface area contributed by atoms with Crippen LogP contribution >= 0.6 is 11.3 Å². The summed E-state index contributed by atoms with van der Waals surface area (Å²) >= 11 is 1.42. The first kappa shape index (κ1) is 15.0. The third kappa shape index (κ3) is 3.28. The summed E-state index contributed by atoms with van der Waals surface area (Å²) in [7, 11) is 0. The van der Waals surface area contributed by atoms with E-state index in [4.69, 9.17) is 0 Å². The maximum Gasteiger partial charge on any atom is 0.265 e. The summed E-state index contributed by atoms with van der Waals surface area (Å²) in [5, 5.41) is 14.1. The lowest BCUT2D eigenvalue weighted by molar-refractivity contribution is 0.103. The molecule has 1 aliphatic rings. The van der Waals surface area contributed by atoms with Crippen molar-refractivity contribution in [2.45, 2.75) is 12.8 Å². The van der Waals surface area contributed by atoms with Gasteiger partial charge < -0.3 is 15.3 Å². The van der Waals surface area contributed by atoms with Gasteiger partial charge in [-0.1, -0.05) is 6.07 Å². The zero-order chi connectivity index (χ0) is 15.4. The van der Waals surface area contributed by atoms with Crippen molar-refractivity contribution >= 4 is 28.7 Å². The molecule has 1 aliphatic heterocycles. The highest BCUT2D eigenvalue weighted by molar-refractivity contribution is 7.12. The number of hydrogen-bond acceptors (Lipinski definition) is 5. The number of carbonyl (C=O) groups is 1. The van der Waals surface area contributed by atoms with Gasteiger partial charge in [0.15, 0.2) is 5.82 Å². The fourth-order valence-electron chi connectivity index (χ4n) is 2.67. The Hall–Kier alpha value is -1.92. The lowest BCUT2D eigenvalue weighted by Gasteiger charge is -2.33. The average Bonchev–Trinajstić information content (AvgIpc) is 3.10. The van der Waals surface area contributed by atoms with E-state index >= 15 is 0 Å². The maximum absolute atomic E-state index is 12.2. The Morgan fingerprint density at radius 1 is 1.36 bits per heavy atom. The number of nitrogens with one attached hydrogen (secondary N) is 1. The summed E-state index contributed by atoms with van der Waals surface area (Å²) in [6.45, 7) is 1.95. The minimum Gasteiger partial charge on any atom is -0.396 e. The van der Waals surface area contributed by atoms with E-state index < -0.39 is 0 Å². The van der Waals surface area contributed by atoms with Crippen LogP contribution in [-0.2, 0) is 0 Å². The van der Waals surface area contributed by atoms with Crippen molar-refractivity contribution < 1.29 is 9.90 Å². The third-order valence-corrected chi connectivity index (χ3v) is 4.82. The van der Waals surface area contributed by atoms with E-state index in [9.17, 15) is 9.90 Å². The molecule has 2 aromatic rings. The first-order valence-corrected chi connectivity index (χ1v) is 8.31. The molecule has 0 unspecified atom stereocenters. The number of amides is 1. The van der Waals surface area contributed by atoms with Gasteiger partial charge >= 0.3 is 0 Å². The van der Waals surface area contributed by atoms with Gasteiger partial charge in [0.2, 0.25) is 0 Å². The third-order valence-electron chi connectivity index (χ3n) is 3.95.